The molecular formula is C54H104NO8P. The standard InChI is InChI=1S/C54H104NO8P/c1-3-5-7-9-11-13-15-17-18-19-20-21-22-23-24-25-26-27-28-29-30-31-32-33-35-36-38-40-42-44-46-53(56)60-50-52(51-62-64(58,59)61-49-48-55)63-54(57)47-45-43-41-39-37-34-16-14-12-10-8-6-4-2/h8,10,14,16,52H,3-7,9,11-13,15,17-51,55H2,1-2H3,(H,58,59)/b10-8-,16-14-. The Balaban J connectivity index is 3.83. The maximum absolute atomic E-state index is 12.6. The first-order chi connectivity index (χ1) is 31.3. The number of phosphoric acid groups is 1. The van der Waals surface area contributed by atoms with Gasteiger partial charge in [0.25, 0.3) is 0 Å². The van der Waals surface area contributed by atoms with E-state index in [4.69, 9.17) is 24.3 Å². The van der Waals surface area contributed by atoms with Crippen molar-refractivity contribution >= 4 is 19.8 Å². The van der Waals surface area contributed by atoms with Crippen LogP contribution in [0.2, 0.25) is 0 Å². The fourth-order valence-electron chi connectivity index (χ4n) is 8.03. The molecule has 0 rings (SSSR count). The van der Waals surface area contributed by atoms with E-state index >= 15 is 0 Å². The molecule has 0 aliphatic carbocycles. The van der Waals surface area contributed by atoms with Gasteiger partial charge in [0.2, 0.25) is 0 Å². The Labute approximate surface area is 395 Å². The predicted octanol–water partition coefficient (Wildman–Crippen LogP) is 16.7. The van der Waals surface area contributed by atoms with Crippen LogP contribution in [0.5, 0.6) is 0 Å². The molecule has 0 heterocycles. The van der Waals surface area contributed by atoms with Crippen LogP contribution in [0.25, 0.3) is 0 Å². The highest BCUT2D eigenvalue weighted by molar-refractivity contribution is 7.47. The van der Waals surface area contributed by atoms with Crippen LogP contribution in [0, 0.1) is 0 Å². The van der Waals surface area contributed by atoms with Crippen molar-refractivity contribution in [2.45, 2.75) is 283 Å². The number of allylic oxidation sites excluding steroid dienone is 4. The molecule has 0 aliphatic heterocycles. The van der Waals surface area contributed by atoms with E-state index in [1.165, 1.54) is 180 Å². The molecule has 0 fully saturated rings. The van der Waals surface area contributed by atoms with Gasteiger partial charge >= 0.3 is 19.8 Å². The lowest BCUT2D eigenvalue weighted by Gasteiger charge is -2.19. The first-order valence-corrected chi connectivity index (χ1v) is 28.8. The summed E-state index contributed by atoms with van der Waals surface area (Å²) >= 11 is 0. The van der Waals surface area contributed by atoms with Gasteiger partial charge in [0.15, 0.2) is 6.10 Å². The summed E-state index contributed by atoms with van der Waals surface area (Å²) in [7, 11) is -4.38. The highest BCUT2D eigenvalue weighted by Crippen LogP contribution is 2.43. The summed E-state index contributed by atoms with van der Waals surface area (Å²) in [6, 6.07) is 0. The molecule has 9 nitrogen and oxygen atoms in total. The van der Waals surface area contributed by atoms with Crippen molar-refractivity contribution in [3.8, 4) is 0 Å². The molecule has 0 spiro atoms. The number of unbranched alkanes of at least 4 members (excludes halogenated alkanes) is 35. The second-order valence-corrected chi connectivity index (χ2v) is 19.9. The van der Waals surface area contributed by atoms with Crippen molar-refractivity contribution < 1.29 is 37.6 Å². The summed E-state index contributed by atoms with van der Waals surface area (Å²) in [5.74, 6) is -0.832. The molecule has 0 bridgehead atoms. The number of ether oxygens (including phenoxy) is 2. The number of carbonyl (C=O) groups is 2. The van der Waals surface area contributed by atoms with Gasteiger partial charge in [-0.2, -0.15) is 0 Å². The lowest BCUT2D eigenvalue weighted by atomic mass is 10.0. The molecule has 0 aromatic carbocycles. The fraction of sp³-hybridized carbons (Fsp3) is 0.889. The Morgan fingerprint density at radius 1 is 0.469 bits per heavy atom. The van der Waals surface area contributed by atoms with Gasteiger partial charge in [-0.15, -0.1) is 0 Å². The highest BCUT2D eigenvalue weighted by Gasteiger charge is 2.26. The second kappa shape index (κ2) is 50.9. The molecule has 0 saturated carbocycles. The largest absolute Gasteiger partial charge is 0.472 e. The Bertz CT molecular complexity index is 1100. The van der Waals surface area contributed by atoms with Gasteiger partial charge in [0.1, 0.15) is 6.61 Å². The molecule has 0 aromatic heterocycles. The monoisotopic (exact) mass is 926 g/mol. The van der Waals surface area contributed by atoms with Crippen molar-refractivity contribution in [3.05, 3.63) is 24.3 Å². The van der Waals surface area contributed by atoms with E-state index in [9.17, 15) is 19.0 Å². The number of hydrogen-bond acceptors (Lipinski definition) is 8. The van der Waals surface area contributed by atoms with Crippen molar-refractivity contribution in [1.29, 1.82) is 0 Å². The van der Waals surface area contributed by atoms with E-state index in [1.54, 1.807) is 0 Å². The minimum absolute atomic E-state index is 0.0527. The summed E-state index contributed by atoms with van der Waals surface area (Å²) in [4.78, 5) is 35.0. The second-order valence-electron chi connectivity index (χ2n) is 18.5. The van der Waals surface area contributed by atoms with Crippen molar-refractivity contribution in [2.75, 3.05) is 26.4 Å². The van der Waals surface area contributed by atoms with Gasteiger partial charge in [-0.1, -0.05) is 250 Å². The lowest BCUT2D eigenvalue weighted by molar-refractivity contribution is -0.161. The average molecular weight is 926 g/mol. The van der Waals surface area contributed by atoms with Gasteiger partial charge in [0.05, 0.1) is 13.2 Å². The van der Waals surface area contributed by atoms with Gasteiger partial charge in [-0.3, -0.25) is 18.6 Å². The van der Waals surface area contributed by atoms with E-state index in [-0.39, 0.29) is 38.6 Å². The third-order valence-electron chi connectivity index (χ3n) is 12.1. The number of phosphoric ester groups is 1. The highest BCUT2D eigenvalue weighted by atomic mass is 31.2. The summed E-state index contributed by atoms with van der Waals surface area (Å²) in [5.41, 5.74) is 5.36. The minimum Gasteiger partial charge on any atom is -0.462 e. The molecule has 0 aliphatic rings. The third kappa shape index (κ3) is 49.9. The molecule has 0 saturated heterocycles. The van der Waals surface area contributed by atoms with Crippen LogP contribution in [0.15, 0.2) is 24.3 Å². The van der Waals surface area contributed by atoms with Gasteiger partial charge in [0, 0.05) is 19.4 Å². The number of esters is 2. The maximum Gasteiger partial charge on any atom is 0.472 e. The molecule has 378 valence electrons. The summed E-state index contributed by atoms with van der Waals surface area (Å²) in [5, 5.41) is 0. The van der Waals surface area contributed by atoms with Crippen LogP contribution in [0.1, 0.15) is 277 Å². The topological polar surface area (TPSA) is 134 Å². The smallest absolute Gasteiger partial charge is 0.462 e. The molecule has 2 atom stereocenters. The zero-order valence-corrected chi connectivity index (χ0v) is 42.9. The van der Waals surface area contributed by atoms with Gasteiger partial charge < -0.3 is 20.1 Å². The molecule has 0 aromatic rings. The Hall–Kier alpha value is -1.51. The third-order valence-corrected chi connectivity index (χ3v) is 13.1. The molecule has 2 unspecified atom stereocenters. The molecule has 3 N–H and O–H groups in total. The maximum atomic E-state index is 12.6. The fourth-order valence-corrected chi connectivity index (χ4v) is 8.79. The molecule has 0 radical (unpaired) electrons. The van der Waals surface area contributed by atoms with E-state index in [0.29, 0.717) is 6.42 Å². The lowest BCUT2D eigenvalue weighted by Crippen LogP contribution is -2.29. The quantitative estimate of drug-likeness (QED) is 0.0265. The number of carbonyl (C=O) groups excluding carboxylic acids is 2. The van der Waals surface area contributed by atoms with Gasteiger partial charge in [-0.05, 0) is 38.5 Å². The van der Waals surface area contributed by atoms with E-state index in [2.05, 4.69) is 38.2 Å². The molecule has 0 amide bonds. The van der Waals surface area contributed by atoms with Gasteiger partial charge in [-0.25, -0.2) is 4.57 Å². The summed E-state index contributed by atoms with van der Waals surface area (Å²) < 4.78 is 32.9. The van der Waals surface area contributed by atoms with E-state index in [0.717, 1.165) is 64.2 Å². The summed E-state index contributed by atoms with van der Waals surface area (Å²) in [6.45, 7) is 3.70. The predicted molar refractivity (Wildman–Crippen MR) is 271 cm³/mol. The van der Waals surface area contributed by atoms with Crippen LogP contribution in [0.4, 0.5) is 0 Å². The number of hydrogen-bond donors (Lipinski definition) is 2. The number of nitrogens with two attached hydrogens (primary N) is 1. The zero-order chi connectivity index (χ0) is 46.7. The van der Waals surface area contributed by atoms with Crippen molar-refractivity contribution in [2.24, 2.45) is 5.73 Å². The SMILES string of the molecule is CCC/C=C\C/C=C\CCCCCCCC(=O)OC(COC(=O)CCCCCCCCCCCCCCCCCCCCCCCCCCCCCCCC)COP(=O)(O)OCCN. The molecule has 64 heavy (non-hydrogen) atoms. The molecular weight excluding hydrogens is 822 g/mol. The molecule has 10 heteroatoms. The van der Waals surface area contributed by atoms with Crippen LogP contribution in [-0.2, 0) is 32.7 Å². The van der Waals surface area contributed by atoms with Crippen LogP contribution < -0.4 is 5.73 Å². The Morgan fingerprint density at radius 2 is 0.844 bits per heavy atom. The Morgan fingerprint density at radius 3 is 1.25 bits per heavy atom. The van der Waals surface area contributed by atoms with Crippen LogP contribution in [-0.4, -0.2) is 49.3 Å². The minimum atomic E-state index is -4.38. The van der Waals surface area contributed by atoms with Crippen LogP contribution in [0.3, 0.4) is 0 Å². The van der Waals surface area contributed by atoms with E-state index < -0.39 is 26.5 Å². The van der Waals surface area contributed by atoms with Crippen molar-refractivity contribution in [3.63, 3.8) is 0 Å². The average Bonchev–Trinajstić information content (AvgIpc) is 3.28. The normalized spacial score (nSPS) is 13.2. The first kappa shape index (κ1) is 62.5. The van der Waals surface area contributed by atoms with Crippen LogP contribution >= 0.6 is 7.82 Å². The first-order valence-electron chi connectivity index (χ1n) is 27.3. The Kier molecular flexibility index (Phi) is 49.7. The zero-order valence-electron chi connectivity index (χ0n) is 42.0. The van der Waals surface area contributed by atoms with E-state index in [1.807, 2.05) is 0 Å². The van der Waals surface area contributed by atoms with Crippen molar-refractivity contribution in [1.82, 2.24) is 0 Å². The number of rotatable bonds is 52. The summed E-state index contributed by atoms with van der Waals surface area (Å²) in [6.07, 6.45) is 58.2.